The number of hydrogen-bond acceptors (Lipinski definition) is 2. The zero-order chi connectivity index (χ0) is 12.6. The van der Waals surface area contributed by atoms with Crippen molar-refractivity contribution in [2.24, 2.45) is 0 Å². The minimum absolute atomic E-state index is 0.613. The lowest BCUT2D eigenvalue weighted by Crippen LogP contribution is -1.99. The Morgan fingerprint density at radius 3 is 2.59 bits per heavy atom. The molecule has 0 amide bonds. The first-order chi connectivity index (χ1) is 8.20. The number of hydrogen-bond donors (Lipinski definition) is 0. The zero-order valence-electron chi connectivity index (χ0n) is 10.5. The SMILES string of the molecule is C=CCCP(=O)(CCCc1ccccc1)OC. The highest BCUT2D eigenvalue weighted by atomic mass is 31.2. The van der Waals surface area contributed by atoms with Crippen LogP contribution in [-0.2, 0) is 15.5 Å². The Labute approximate surface area is 104 Å². The fourth-order valence-electron chi connectivity index (χ4n) is 1.75. The summed E-state index contributed by atoms with van der Waals surface area (Å²) in [5.41, 5.74) is 1.29. The predicted octanol–water partition coefficient (Wildman–Crippen LogP) is 4.12. The molecule has 0 aromatic heterocycles. The van der Waals surface area contributed by atoms with E-state index in [1.54, 1.807) is 13.2 Å². The number of rotatable bonds is 8. The molecule has 0 heterocycles. The summed E-state index contributed by atoms with van der Waals surface area (Å²) in [4.78, 5) is 0. The van der Waals surface area contributed by atoms with E-state index in [0.717, 1.165) is 19.3 Å². The fourth-order valence-corrected chi connectivity index (χ4v) is 3.56. The van der Waals surface area contributed by atoms with Gasteiger partial charge in [-0.2, -0.15) is 0 Å². The molecule has 1 aromatic rings. The highest BCUT2D eigenvalue weighted by Gasteiger charge is 2.19. The van der Waals surface area contributed by atoms with Gasteiger partial charge >= 0.3 is 0 Å². The van der Waals surface area contributed by atoms with Gasteiger partial charge in [0.2, 0.25) is 7.37 Å². The smallest absolute Gasteiger partial charge is 0.203 e. The van der Waals surface area contributed by atoms with Gasteiger partial charge in [0.1, 0.15) is 0 Å². The van der Waals surface area contributed by atoms with Gasteiger partial charge in [-0.1, -0.05) is 36.4 Å². The van der Waals surface area contributed by atoms with Crippen LogP contribution in [0.3, 0.4) is 0 Å². The Hall–Kier alpha value is -0.850. The van der Waals surface area contributed by atoms with E-state index < -0.39 is 7.37 Å². The lowest BCUT2D eigenvalue weighted by atomic mass is 10.1. The second kappa shape index (κ2) is 7.47. The minimum Gasteiger partial charge on any atom is -0.332 e. The van der Waals surface area contributed by atoms with E-state index in [4.69, 9.17) is 4.52 Å². The van der Waals surface area contributed by atoms with Crippen molar-refractivity contribution in [1.29, 1.82) is 0 Å². The molecule has 94 valence electrons. The average molecular weight is 252 g/mol. The van der Waals surface area contributed by atoms with E-state index in [1.165, 1.54) is 5.56 Å². The highest BCUT2D eigenvalue weighted by molar-refractivity contribution is 7.58. The van der Waals surface area contributed by atoms with Crippen molar-refractivity contribution in [3.63, 3.8) is 0 Å². The highest BCUT2D eigenvalue weighted by Crippen LogP contribution is 2.47. The van der Waals surface area contributed by atoms with E-state index in [1.807, 2.05) is 18.2 Å². The molecule has 0 saturated carbocycles. The van der Waals surface area contributed by atoms with Gasteiger partial charge in [0.15, 0.2) is 0 Å². The second-order valence-corrected chi connectivity index (χ2v) is 7.00. The van der Waals surface area contributed by atoms with E-state index in [0.29, 0.717) is 12.3 Å². The van der Waals surface area contributed by atoms with Crippen molar-refractivity contribution in [1.82, 2.24) is 0 Å². The van der Waals surface area contributed by atoms with Crippen LogP contribution in [0.4, 0.5) is 0 Å². The molecule has 3 heteroatoms. The fraction of sp³-hybridized carbons (Fsp3) is 0.429. The molecular weight excluding hydrogens is 231 g/mol. The Balaban J connectivity index is 2.38. The monoisotopic (exact) mass is 252 g/mol. The average Bonchev–Trinajstić information content (AvgIpc) is 2.38. The second-order valence-electron chi connectivity index (χ2n) is 4.11. The van der Waals surface area contributed by atoms with Crippen LogP contribution in [0, 0.1) is 0 Å². The van der Waals surface area contributed by atoms with Crippen molar-refractivity contribution in [3.05, 3.63) is 48.6 Å². The maximum absolute atomic E-state index is 12.3. The van der Waals surface area contributed by atoms with Crippen LogP contribution in [0.2, 0.25) is 0 Å². The first kappa shape index (κ1) is 14.2. The van der Waals surface area contributed by atoms with E-state index in [9.17, 15) is 4.57 Å². The molecule has 0 radical (unpaired) electrons. The molecule has 0 fully saturated rings. The first-order valence-electron chi connectivity index (χ1n) is 5.99. The summed E-state index contributed by atoms with van der Waals surface area (Å²) in [7, 11) is -0.877. The Bertz CT molecular complexity index is 373. The molecule has 0 aliphatic rings. The van der Waals surface area contributed by atoms with Crippen molar-refractivity contribution in [2.45, 2.75) is 19.3 Å². The lowest BCUT2D eigenvalue weighted by Gasteiger charge is -2.15. The molecule has 17 heavy (non-hydrogen) atoms. The summed E-state index contributed by atoms with van der Waals surface area (Å²) in [6.45, 7) is 3.65. The molecule has 0 bridgehead atoms. The quantitative estimate of drug-likeness (QED) is 0.514. The topological polar surface area (TPSA) is 26.3 Å². The van der Waals surface area contributed by atoms with Crippen molar-refractivity contribution >= 4 is 7.37 Å². The number of aryl methyl sites for hydroxylation is 1. The lowest BCUT2D eigenvalue weighted by molar-refractivity contribution is 0.392. The summed E-state index contributed by atoms with van der Waals surface area (Å²) in [6, 6.07) is 10.3. The van der Waals surface area contributed by atoms with Gasteiger partial charge in [-0.25, -0.2) is 0 Å². The molecule has 1 aromatic carbocycles. The molecule has 0 saturated heterocycles. The van der Waals surface area contributed by atoms with Gasteiger partial charge in [0, 0.05) is 19.4 Å². The van der Waals surface area contributed by atoms with Crippen LogP contribution in [0.1, 0.15) is 18.4 Å². The van der Waals surface area contributed by atoms with E-state index in [2.05, 4.69) is 18.7 Å². The van der Waals surface area contributed by atoms with Gasteiger partial charge in [-0.15, -0.1) is 6.58 Å². The van der Waals surface area contributed by atoms with E-state index >= 15 is 0 Å². The summed E-state index contributed by atoms with van der Waals surface area (Å²) in [5, 5.41) is 0. The molecule has 0 aliphatic heterocycles. The Morgan fingerprint density at radius 2 is 2.00 bits per heavy atom. The van der Waals surface area contributed by atoms with E-state index in [-0.39, 0.29) is 0 Å². The van der Waals surface area contributed by atoms with Crippen LogP contribution in [-0.4, -0.2) is 19.4 Å². The van der Waals surface area contributed by atoms with Crippen molar-refractivity contribution in [3.8, 4) is 0 Å². The molecule has 0 N–H and O–H groups in total. The third-order valence-corrected chi connectivity index (χ3v) is 5.42. The third kappa shape index (κ3) is 5.34. The molecule has 1 atom stereocenters. The van der Waals surface area contributed by atoms with Crippen LogP contribution < -0.4 is 0 Å². The first-order valence-corrected chi connectivity index (χ1v) is 7.98. The molecular formula is C14H21O2P. The van der Waals surface area contributed by atoms with Crippen molar-refractivity contribution < 1.29 is 9.09 Å². The molecule has 2 nitrogen and oxygen atoms in total. The Kier molecular flexibility index (Phi) is 6.25. The summed E-state index contributed by atoms with van der Waals surface area (Å²) in [6.07, 6.45) is 5.70. The predicted molar refractivity (Wildman–Crippen MR) is 73.9 cm³/mol. The van der Waals surface area contributed by atoms with Gasteiger partial charge in [-0.3, -0.25) is 4.57 Å². The maximum Gasteiger partial charge on any atom is 0.203 e. The largest absolute Gasteiger partial charge is 0.332 e. The van der Waals surface area contributed by atoms with Crippen LogP contribution in [0.15, 0.2) is 43.0 Å². The zero-order valence-corrected chi connectivity index (χ0v) is 11.4. The summed E-state index contributed by atoms with van der Waals surface area (Å²) in [5.74, 6) is 0. The number of allylic oxidation sites excluding steroid dienone is 1. The van der Waals surface area contributed by atoms with Gasteiger partial charge in [-0.05, 0) is 24.8 Å². The van der Waals surface area contributed by atoms with Gasteiger partial charge < -0.3 is 4.52 Å². The minimum atomic E-state index is -2.42. The summed E-state index contributed by atoms with van der Waals surface area (Å²) >= 11 is 0. The Morgan fingerprint density at radius 1 is 1.29 bits per heavy atom. The molecule has 1 unspecified atom stereocenters. The molecule has 0 aliphatic carbocycles. The summed E-state index contributed by atoms with van der Waals surface area (Å²) < 4.78 is 17.4. The third-order valence-electron chi connectivity index (χ3n) is 2.81. The number of benzene rings is 1. The normalized spacial score (nSPS) is 14.2. The van der Waals surface area contributed by atoms with Crippen molar-refractivity contribution in [2.75, 3.05) is 19.4 Å². The van der Waals surface area contributed by atoms with Crippen LogP contribution in [0.25, 0.3) is 0 Å². The van der Waals surface area contributed by atoms with Gasteiger partial charge in [0.25, 0.3) is 0 Å². The molecule has 1 rings (SSSR count). The van der Waals surface area contributed by atoms with Crippen LogP contribution >= 0.6 is 7.37 Å². The standard InChI is InChI=1S/C14H21O2P/c1-3-4-12-17(15,16-2)13-8-11-14-9-6-5-7-10-14/h3,5-7,9-10H,1,4,8,11-13H2,2H3. The van der Waals surface area contributed by atoms with Crippen LogP contribution in [0.5, 0.6) is 0 Å². The van der Waals surface area contributed by atoms with Gasteiger partial charge in [0.05, 0.1) is 0 Å². The molecule has 0 spiro atoms. The maximum atomic E-state index is 12.3.